The number of rotatable bonds is 6. The van der Waals surface area contributed by atoms with E-state index < -0.39 is 0 Å². The molecule has 0 fully saturated rings. The minimum absolute atomic E-state index is 0.206. The van der Waals surface area contributed by atoms with Crippen LogP contribution in [0.5, 0.6) is 11.5 Å². The fourth-order valence-corrected chi connectivity index (χ4v) is 3.72. The summed E-state index contributed by atoms with van der Waals surface area (Å²) >= 11 is 0. The Labute approximate surface area is 163 Å². The fourth-order valence-electron chi connectivity index (χ4n) is 3.72. The van der Waals surface area contributed by atoms with E-state index in [2.05, 4.69) is 21.8 Å². The number of aromatic hydroxyl groups is 2. The monoisotopic (exact) mass is 373 g/mol. The number of hydrogen-bond acceptors (Lipinski definition) is 5. The summed E-state index contributed by atoms with van der Waals surface area (Å²) in [6.45, 7) is 4.60. The van der Waals surface area contributed by atoms with Gasteiger partial charge < -0.3 is 10.2 Å². The van der Waals surface area contributed by atoms with Crippen molar-refractivity contribution in [2.75, 3.05) is 6.54 Å². The van der Waals surface area contributed by atoms with Gasteiger partial charge in [-0.3, -0.25) is 14.9 Å². The summed E-state index contributed by atoms with van der Waals surface area (Å²) in [6, 6.07) is 15.2. The van der Waals surface area contributed by atoms with E-state index in [0.29, 0.717) is 11.0 Å². The van der Waals surface area contributed by atoms with E-state index in [1.54, 1.807) is 24.5 Å². The second-order valence-electron chi connectivity index (χ2n) is 7.00. The first-order valence-corrected chi connectivity index (χ1v) is 9.51. The van der Waals surface area contributed by atoms with Crippen LogP contribution < -0.4 is 0 Å². The second-order valence-corrected chi connectivity index (χ2v) is 7.00. The van der Waals surface area contributed by atoms with Crippen LogP contribution in [0.2, 0.25) is 0 Å². The van der Waals surface area contributed by atoms with Gasteiger partial charge in [0.25, 0.3) is 0 Å². The zero-order valence-corrected chi connectivity index (χ0v) is 15.8. The quantitative estimate of drug-likeness (QED) is 0.517. The molecular formula is C23H23N3O2. The molecule has 2 N–H and O–H groups in total. The van der Waals surface area contributed by atoms with Crippen molar-refractivity contribution in [1.29, 1.82) is 0 Å². The molecule has 0 spiro atoms. The molecule has 0 atom stereocenters. The molecule has 0 aliphatic carbocycles. The standard InChI is InChI=1S/C23H23N3O2/c1-2-13-26(14-16-7-9-20(27)22-18(16)5-3-11-24-22)15-17-8-10-21(28)23-19(17)6-4-12-25-23/h3-12,27-28H,2,13-15H2,1H3. The second kappa shape index (κ2) is 7.82. The van der Waals surface area contributed by atoms with Gasteiger partial charge in [-0.05, 0) is 48.4 Å². The van der Waals surface area contributed by atoms with Crippen molar-refractivity contribution in [3.8, 4) is 11.5 Å². The van der Waals surface area contributed by atoms with Gasteiger partial charge in [-0.2, -0.15) is 0 Å². The molecule has 0 aliphatic rings. The summed E-state index contributed by atoms with van der Waals surface area (Å²) in [5, 5.41) is 22.2. The molecule has 2 aromatic heterocycles. The van der Waals surface area contributed by atoms with Gasteiger partial charge in [0.05, 0.1) is 0 Å². The summed E-state index contributed by atoms with van der Waals surface area (Å²) in [4.78, 5) is 11.0. The lowest BCUT2D eigenvalue weighted by Crippen LogP contribution is -2.24. The summed E-state index contributed by atoms with van der Waals surface area (Å²) in [6.07, 6.45) is 4.43. The van der Waals surface area contributed by atoms with E-state index in [9.17, 15) is 10.2 Å². The molecule has 2 aromatic carbocycles. The maximum absolute atomic E-state index is 10.1. The molecule has 28 heavy (non-hydrogen) atoms. The summed E-state index contributed by atoms with van der Waals surface area (Å²) in [5.74, 6) is 0.411. The third kappa shape index (κ3) is 3.49. The predicted octanol–water partition coefficient (Wildman–Crippen LogP) is 4.61. The fraction of sp³-hybridized carbons (Fsp3) is 0.217. The average Bonchev–Trinajstić information content (AvgIpc) is 2.73. The number of aromatic nitrogens is 2. The van der Waals surface area contributed by atoms with E-state index in [1.807, 2.05) is 36.4 Å². The minimum atomic E-state index is 0.206. The van der Waals surface area contributed by atoms with Gasteiger partial charge >= 0.3 is 0 Å². The third-order valence-corrected chi connectivity index (χ3v) is 5.01. The van der Waals surface area contributed by atoms with Crippen LogP contribution in [0.4, 0.5) is 0 Å². The zero-order valence-electron chi connectivity index (χ0n) is 15.8. The SMILES string of the molecule is CCCN(Cc1ccc(O)c2ncccc12)Cc1ccc(O)c2ncccc12. The third-order valence-electron chi connectivity index (χ3n) is 5.01. The van der Waals surface area contributed by atoms with Gasteiger partial charge in [0, 0.05) is 36.3 Å². The normalized spacial score (nSPS) is 11.5. The molecule has 0 radical (unpaired) electrons. The summed E-state index contributed by atoms with van der Waals surface area (Å²) in [5.41, 5.74) is 3.54. The molecule has 2 heterocycles. The molecule has 0 bridgehead atoms. The van der Waals surface area contributed by atoms with Gasteiger partial charge in [0.1, 0.15) is 22.5 Å². The van der Waals surface area contributed by atoms with Crippen LogP contribution in [-0.4, -0.2) is 31.6 Å². The number of fused-ring (bicyclic) bond motifs is 2. The first-order valence-electron chi connectivity index (χ1n) is 9.51. The van der Waals surface area contributed by atoms with Crippen LogP contribution in [0, 0.1) is 0 Å². The maximum Gasteiger partial charge on any atom is 0.141 e. The van der Waals surface area contributed by atoms with E-state index in [4.69, 9.17) is 0 Å². The van der Waals surface area contributed by atoms with Gasteiger partial charge in [-0.25, -0.2) is 0 Å². The maximum atomic E-state index is 10.1. The van der Waals surface area contributed by atoms with Crippen molar-refractivity contribution in [1.82, 2.24) is 14.9 Å². The molecule has 4 aromatic rings. The van der Waals surface area contributed by atoms with Crippen molar-refractivity contribution in [2.45, 2.75) is 26.4 Å². The van der Waals surface area contributed by atoms with Crippen molar-refractivity contribution < 1.29 is 10.2 Å². The van der Waals surface area contributed by atoms with Crippen LogP contribution in [0.3, 0.4) is 0 Å². The van der Waals surface area contributed by atoms with Crippen molar-refractivity contribution in [3.05, 3.63) is 72.1 Å². The highest BCUT2D eigenvalue weighted by molar-refractivity contribution is 5.88. The number of benzene rings is 2. The van der Waals surface area contributed by atoms with Crippen LogP contribution in [0.15, 0.2) is 60.9 Å². The summed E-state index contributed by atoms with van der Waals surface area (Å²) in [7, 11) is 0. The molecule has 5 heteroatoms. The average molecular weight is 373 g/mol. The predicted molar refractivity (Wildman–Crippen MR) is 111 cm³/mol. The Morgan fingerprint density at radius 3 is 1.71 bits per heavy atom. The highest BCUT2D eigenvalue weighted by Crippen LogP contribution is 2.29. The smallest absolute Gasteiger partial charge is 0.141 e. The lowest BCUT2D eigenvalue weighted by molar-refractivity contribution is 0.259. The zero-order chi connectivity index (χ0) is 19.5. The van der Waals surface area contributed by atoms with Crippen LogP contribution >= 0.6 is 0 Å². The van der Waals surface area contributed by atoms with Gasteiger partial charge in [-0.15, -0.1) is 0 Å². The molecule has 0 unspecified atom stereocenters. The molecule has 0 saturated carbocycles. The highest BCUT2D eigenvalue weighted by Gasteiger charge is 2.13. The van der Waals surface area contributed by atoms with E-state index in [-0.39, 0.29) is 11.5 Å². The van der Waals surface area contributed by atoms with E-state index >= 15 is 0 Å². The number of phenolic OH excluding ortho intramolecular Hbond substituents is 2. The Hall–Kier alpha value is -3.18. The highest BCUT2D eigenvalue weighted by atomic mass is 16.3. The molecule has 0 aliphatic heterocycles. The van der Waals surface area contributed by atoms with Crippen LogP contribution in [0.1, 0.15) is 24.5 Å². The Morgan fingerprint density at radius 2 is 1.25 bits per heavy atom. The molecule has 0 saturated heterocycles. The van der Waals surface area contributed by atoms with Gasteiger partial charge in [0.15, 0.2) is 0 Å². The molecular weight excluding hydrogens is 350 g/mol. The van der Waals surface area contributed by atoms with E-state index in [1.165, 1.54) is 0 Å². The van der Waals surface area contributed by atoms with Crippen LogP contribution in [-0.2, 0) is 13.1 Å². The minimum Gasteiger partial charge on any atom is -0.506 e. The Bertz CT molecular complexity index is 1040. The number of nitrogens with zero attached hydrogens (tertiary/aromatic N) is 3. The van der Waals surface area contributed by atoms with Crippen molar-refractivity contribution >= 4 is 21.8 Å². The molecule has 0 amide bonds. The Kier molecular flexibility index (Phi) is 5.08. The van der Waals surface area contributed by atoms with Gasteiger partial charge in [-0.1, -0.05) is 31.2 Å². The molecule has 4 rings (SSSR count). The summed E-state index contributed by atoms with van der Waals surface area (Å²) < 4.78 is 0. The lowest BCUT2D eigenvalue weighted by Gasteiger charge is -2.23. The van der Waals surface area contributed by atoms with E-state index in [0.717, 1.165) is 48.0 Å². The molecule has 142 valence electrons. The van der Waals surface area contributed by atoms with Crippen molar-refractivity contribution in [2.24, 2.45) is 0 Å². The number of hydrogen-bond donors (Lipinski definition) is 2. The van der Waals surface area contributed by atoms with Crippen molar-refractivity contribution in [3.63, 3.8) is 0 Å². The largest absolute Gasteiger partial charge is 0.506 e. The first-order chi connectivity index (χ1) is 13.7. The first kappa shape index (κ1) is 18.2. The Morgan fingerprint density at radius 1 is 0.750 bits per heavy atom. The number of pyridine rings is 2. The van der Waals surface area contributed by atoms with Gasteiger partial charge in [0.2, 0.25) is 0 Å². The molecule has 5 nitrogen and oxygen atoms in total. The lowest BCUT2D eigenvalue weighted by atomic mass is 10.0. The number of phenols is 2. The Balaban J connectivity index is 1.68. The topological polar surface area (TPSA) is 69.5 Å². The van der Waals surface area contributed by atoms with Crippen LogP contribution in [0.25, 0.3) is 21.8 Å².